The van der Waals surface area contributed by atoms with E-state index in [1.807, 2.05) is 0 Å². The van der Waals surface area contributed by atoms with Crippen molar-refractivity contribution in [3.05, 3.63) is 30.1 Å². The van der Waals surface area contributed by atoms with Crippen molar-refractivity contribution in [2.45, 2.75) is 44.6 Å². The van der Waals surface area contributed by atoms with Crippen molar-refractivity contribution < 1.29 is 28.3 Å². The van der Waals surface area contributed by atoms with Gasteiger partial charge in [-0.25, -0.2) is 4.39 Å². The normalized spacial score (nSPS) is 30.7. The average Bonchev–Trinajstić information content (AvgIpc) is 3.09. The molecule has 0 spiro atoms. The number of piperazine rings is 1. The molecular weight excluding hydrogens is 453 g/mol. The molecule has 2 amide bonds. The number of nitrogens with zero attached hydrogens (tertiary/aromatic N) is 3. The fourth-order valence-electron chi connectivity index (χ4n) is 6.57. The van der Waals surface area contributed by atoms with Crippen molar-refractivity contribution in [2.24, 2.45) is 17.8 Å². The SMILES string of the molecule is CC(=O)OC12CCC(C(=O)C1)C1C(=O)N(CCCCN3CCN(c4ccc(F)cc4)CC3)C(=O)C12. The van der Waals surface area contributed by atoms with Crippen molar-refractivity contribution in [1.29, 1.82) is 0 Å². The van der Waals surface area contributed by atoms with Crippen LogP contribution < -0.4 is 4.90 Å². The van der Waals surface area contributed by atoms with Crippen LogP contribution in [0.3, 0.4) is 0 Å². The Morgan fingerprint density at radius 3 is 2.37 bits per heavy atom. The summed E-state index contributed by atoms with van der Waals surface area (Å²) in [7, 11) is 0. The first-order chi connectivity index (χ1) is 16.8. The van der Waals surface area contributed by atoms with Crippen molar-refractivity contribution in [2.75, 3.05) is 44.2 Å². The lowest BCUT2D eigenvalue weighted by molar-refractivity contribution is -0.189. The fraction of sp³-hybridized carbons (Fsp3) is 0.615. The topological polar surface area (TPSA) is 87.2 Å². The molecule has 5 aliphatic rings. The first kappa shape index (κ1) is 23.9. The molecule has 8 nitrogen and oxygen atoms in total. The number of benzene rings is 1. The van der Waals surface area contributed by atoms with Gasteiger partial charge in [-0.2, -0.15) is 0 Å². The average molecular weight is 486 g/mol. The lowest BCUT2D eigenvalue weighted by Crippen LogP contribution is -2.60. The van der Waals surface area contributed by atoms with Gasteiger partial charge in [-0.15, -0.1) is 0 Å². The Hall–Kier alpha value is -2.81. The van der Waals surface area contributed by atoms with Crippen LogP contribution in [0.4, 0.5) is 10.1 Å². The molecule has 3 aliphatic carbocycles. The molecule has 188 valence electrons. The van der Waals surface area contributed by atoms with Gasteiger partial charge in [0.05, 0.1) is 11.8 Å². The molecule has 0 radical (unpaired) electrons. The summed E-state index contributed by atoms with van der Waals surface area (Å²) in [5, 5.41) is 0. The van der Waals surface area contributed by atoms with E-state index >= 15 is 0 Å². The molecule has 2 bridgehead atoms. The van der Waals surface area contributed by atoms with Crippen LogP contribution in [0, 0.1) is 23.6 Å². The third-order valence-electron chi connectivity index (χ3n) is 8.23. The maximum absolute atomic E-state index is 13.3. The Balaban J connectivity index is 1.13. The summed E-state index contributed by atoms with van der Waals surface area (Å²) < 4.78 is 18.7. The minimum Gasteiger partial charge on any atom is -0.458 e. The van der Waals surface area contributed by atoms with E-state index < -0.39 is 29.3 Å². The smallest absolute Gasteiger partial charge is 0.303 e. The first-order valence-electron chi connectivity index (χ1n) is 12.6. The largest absolute Gasteiger partial charge is 0.458 e. The lowest BCUT2D eigenvalue weighted by Gasteiger charge is -2.49. The predicted molar refractivity (Wildman–Crippen MR) is 125 cm³/mol. The predicted octanol–water partition coefficient (Wildman–Crippen LogP) is 2.01. The summed E-state index contributed by atoms with van der Waals surface area (Å²) in [6.45, 7) is 6.02. The number of esters is 1. The Morgan fingerprint density at radius 2 is 1.71 bits per heavy atom. The highest BCUT2D eigenvalue weighted by atomic mass is 19.1. The number of fused-ring (bicyclic) bond motifs is 2. The van der Waals surface area contributed by atoms with Gasteiger partial charge in [0, 0.05) is 57.7 Å². The van der Waals surface area contributed by atoms with E-state index in [-0.39, 0.29) is 29.8 Å². The molecular formula is C26H32FN3O5. The zero-order chi connectivity index (χ0) is 24.7. The number of amides is 2. The van der Waals surface area contributed by atoms with Crippen LogP contribution >= 0.6 is 0 Å². The standard InChI is InChI=1S/C26H32FN3O5/c1-17(31)35-26-9-8-20(21(32)16-26)22-23(26)25(34)30(24(22)33)11-3-2-10-28-12-14-29(15-13-28)19-6-4-18(27)5-7-19/h4-7,20,22-23H,2-3,8-16H2,1H3. The monoisotopic (exact) mass is 485 g/mol. The third kappa shape index (κ3) is 4.35. The summed E-state index contributed by atoms with van der Waals surface area (Å²) in [5.74, 6) is -3.23. The van der Waals surface area contributed by atoms with E-state index in [0.29, 0.717) is 25.8 Å². The van der Waals surface area contributed by atoms with E-state index in [9.17, 15) is 23.6 Å². The van der Waals surface area contributed by atoms with E-state index in [4.69, 9.17) is 4.74 Å². The Bertz CT molecular complexity index is 1020. The highest BCUT2D eigenvalue weighted by molar-refractivity contribution is 6.09. The van der Waals surface area contributed by atoms with Gasteiger partial charge in [0.15, 0.2) is 0 Å². The summed E-state index contributed by atoms with van der Waals surface area (Å²) in [4.78, 5) is 56.8. The molecule has 35 heavy (non-hydrogen) atoms. The number of anilines is 1. The van der Waals surface area contributed by atoms with Gasteiger partial charge in [-0.1, -0.05) is 0 Å². The van der Waals surface area contributed by atoms with Gasteiger partial charge in [-0.05, 0) is 56.5 Å². The number of unbranched alkanes of at least 4 members (excludes halogenated alkanes) is 1. The molecule has 1 aromatic carbocycles. The number of carbonyl (C=O) groups is 4. The molecule has 0 N–H and O–H groups in total. The molecule has 9 heteroatoms. The number of rotatable bonds is 7. The third-order valence-corrected chi connectivity index (χ3v) is 8.23. The molecule has 2 aliphatic heterocycles. The molecule has 6 rings (SSSR count). The van der Waals surface area contributed by atoms with Crippen LogP contribution in [0.15, 0.2) is 24.3 Å². The Labute approximate surface area is 204 Å². The lowest BCUT2D eigenvalue weighted by atomic mass is 9.56. The summed E-state index contributed by atoms with van der Waals surface area (Å²) in [6, 6.07) is 6.57. The van der Waals surface area contributed by atoms with Gasteiger partial charge in [0.25, 0.3) is 0 Å². The molecule has 2 saturated heterocycles. The maximum Gasteiger partial charge on any atom is 0.303 e. The maximum atomic E-state index is 13.3. The van der Waals surface area contributed by atoms with Crippen molar-refractivity contribution >= 4 is 29.3 Å². The zero-order valence-electron chi connectivity index (χ0n) is 20.1. The minimum absolute atomic E-state index is 0.0369. The van der Waals surface area contributed by atoms with E-state index in [1.165, 1.54) is 24.0 Å². The number of Topliss-reactive ketones (excluding diaryl/α,β-unsaturated/α-hetero) is 1. The van der Waals surface area contributed by atoms with Crippen LogP contribution in [0.25, 0.3) is 0 Å². The Morgan fingerprint density at radius 1 is 1.03 bits per heavy atom. The number of hydrogen-bond acceptors (Lipinski definition) is 7. The van der Waals surface area contributed by atoms with Gasteiger partial charge in [0.1, 0.15) is 17.2 Å². The van der Waals surface area contributed by atoms with Gasteiger partial charge in [-0.3, -0.25) is 29.0 Å². The molecule has 5 fully saturated rings. The summed E-state index contributed by atoms with van der Waals surface area (Å²) in [5.41, 5.74) is -0.133. The summed E-state index contributed by atoms with van der Waals surface area (Å²) >= 11 is 0. The van der Waals surface area contributed by atoms with E-state index in [1.54, 1.807) is 12.1 Å². The van der Waals surface area contributed by atoms with Crippen molar-refractivity contribution in [3.63, 3.8) is 0 Å². The second kappa shape index (κ2) is 9.33. The zero-order valence-corrected chi connectivity index (χ0v) is 20.1. The molecule has 2 heterocycles. The van der Waals surface area contributed by atoms with Gasteiger partial charge < -0.3 is 9.64 Å². The second-order valence-electron chi connectivity index (χ2n) is 10.3. The van der Waals surface area contributed by atoms with Crippen molar-refractivity contribution in [1.82, 2.24) is 9.80 Å². The number of imide groups is 1. The number of ketones is 1. The number of halogens is 1. The quantitative estimate of drug-likeness (QED) is 0.332. The Kier molecular flexibility index (Phi) is 6.38. The van der Waals surface area contributed by atoms with Crippen LogP contribution in [0.1, 0.15) is 39.0 Å². The minimum atomic E-state index is -1.16. The van der Waals surface area contributed by atoms with E-state index in [2.05, 4.69) is 9.80 Å². The number of carbonyl (C=O) groups excluding carboxylic acids is 4. The molecule has 4 unspecified atom stereocenters. The molecule has 0 aromatic heterocycles. The highest BCUT2D eigenvalue weighted by Crippen LogP contribution is 2.55. The second-order valence-corrected chi connectivity index (χ2v) is 10.3. The number of hydrogen-bond donors (Lipinski definition) is 0. The van der Waals surface area contributed by atoms with Crippen LogP contribution in [-0.4, -0.2) is 78.2 Å². The molecule has 3 saturated carbocycles. The fourth-order valence-corrected chi connectivity index (χ4v) is 6.57. The number of ether oxygens (including phenoxy) is 1. The van der Waals surface area contributed by atoms with E-state index in [0.717, 1.165) is 44.8 Å². The molecule has 4 atom stereocenters. The van der Waals surface area contributed by atoms with Crippen LogP contribution in [-0.2, 0) is 23.9 Å². The van der Waals surface area contributed by atoms with Gasteiger partial charge >= 0.3 is 5.97 Å². The summed E-state index contributed by atoms with van der Waals surface area (Å²) in [6.07, 6.45) is 2.52. The van der Waals surface area contributed by atoms with Gasteiger partial charge in [0.2, 0.25) is 11.8 Å². The van der Waals surface area contributed by atoms with Crippen LogP contribution in [0.5, 0.6) is 0 Å². The number of likely N-dealkylation sites (tertiary alicyclic amines) is 1. The van der Waals surface area contributed by atoms with Crippen molar-refractivity contribution in [3.8, 4) is 0 Å². The van der Waals surface area contributed by atoms with Crippen LogP contribution in [0.2, 0.25) is 0 Å². The molecule has 1 aromatic rings. The highest BCUT2D eigenvalue weighted by Gasteiger charge is 2.68. The first-order valence-corrected chi connectivity index (χ1v) is 12.6.